The Labute approximate surface area is 101 Å². The molecule has 0 unspecified atom stereocenters. The summed E-state index contributed by atoms with van der Waals surface area (Å²) in [6.07, 6.45) is 4.87. The molecule has 0 heterocycles. The van der Waals surface area contributed by atoms with Crippen molar-refractivity contribution in [1.29, 1.82) is 0 Å². The molecule has 0 radical (unpaired) electrons. The second-order valence-electron chi connectivity index (χ2n) is 3.15. The minimum atomic E-state index is 0.416. The summed E-state index contributed by atoms with van der Waals surface area (Å²) in [7, 11) is 0. The van der Waals surface area contributed by atoms with Gasteiger partial charge in [0.05, 0.1) is 4.99 Å². The standard InChI is InChI=1S/C12H15NS2/c1-2-9-15-11-6-3-10(4-7-11)5-8-12(13)14/h3-8H,2,9H2,1H3,(H2,13,14)/b8-5+. The lowest BCUT2D eigenvalue weighted by molar-refractivity contribution is 1.10. The highest BCUT2D eigenvalue weighted by molar-refractivity contribution is 7.99. The topological polar surface area (TPSA) is 26.0 Å². The summed E-state index contributed by atoms with van der Waals surface area (Å²) in [6, 6.07) is 8.40. The summed E-state index contributed by atoms with van der Waals surface area (Å²) in [5.74, 6) is 1.17. The average Bonchev–Trinajstić information content (AvgIpc) is 2.25. The third kappa shape index (κ3) is 5.00. The van der Waals surface area contributed by atoms with E-state index in [0.717, 1.165) is 5.56 Å². The van der Waals surface area contributed by atoms with E-state index in [-0.39, 0.29) is 0 Å². The van der Waals surface area contributed by atoms with Crippen LogP contribution in [-0.2, 0) is 0 Å². The van der Waals surface area contributed by atoms with Gasteiger partial charge in [-0.3, -0.25) is 0 Å². The van der Waals surface area contributed by atoms with Crippen molar-refractivity contribution in [3.8, 4) is 0 Å². The van der Waals surface area contributed by atoms with Crippen LogP contribution in [0.1, 0.15) is 18.9 Å². The predicted molar refractivity (Wildman–Crippen MR) is 73.3 cm³/mol. The van der Waals surface area contributed by atoms with Crippen LogP contribution in [0, 0.1) is 0 Å². The van der Waals surface area contributed by atoms with Gasteiger partial charge in [0.25, 0.3) is 0 Å². The molecule has 0 aliphatic rings. The summed E-state index contributed by atoms with van der Waals surface area (Å²) < 4.78 is 0. The molecule has 2 N–H and O–H groups in total. The van der Waals surface area contributed by atoms with Crippen molar-refractivity contribution in [1.82, 2.24) is 0 Å². The molecule has 1 rings (SSSR count). The number of benzene rings is 1. The lowest BCUT2D eigenvalue weighted by Gasteiger charge is -1.99. The zero-order valence-corrected chi connectivity index (χ0v) is 10.4. The van der Waals surface area contributed by atoms with Crippen LogP contribution in [0.5, 0.6) is 0 Å². The summed E-state index contributed by atoms with van der Waals surface area (Å²) in [4.78, 5) is 1.73. The molecule has 1 aromatic carbocycles. The number of hydrogen-bond donors (Lipinski definition) is 1. The maximum absolute atomic E-state index is 5.38. The Bertz CT molecular complexity index is 341. The van der Waals surface area contributed by atoms with Gasteiger partial charge in [0.1, 0.15) is 0 Å². The van der Waals surface area contributed by atoms with Gasteiger partial charge in [-0.2, -0.15) is 0 Å². The van der Waals surface area contributed by atoms with Crippen molar-refractivity contribution in [3.63, 3.8) is 0 Å². The monoisotopic (exact) mass is 237 g/mol. The maximum Gasteiger partial charge on any atom is 0.0962 e. The van der Waals surface area contributed by atoms with Crippen molar-refractivity contribution in [2.45, 2.75) is 18.2 Å². The van der Waals surface area contributed by atoms with Crippen LogP contribution in [-0.4, -0.2) is 10.7 Å². The largest absolute Gasteiger partial charge is 0.390 e. The Morgan fingerprint density at radius 1 is 1.40 bits per heavy atom. The van der Waals surface area contributed by atoms with Gasteiger partial charge >= 0.3 is 0 Å². The number of nitrogens with two attached hydrogens (primary N) is 1. The van der Waals surface area contributed by atoms with Crippen LogP contribution in [0.2, 0.25) is 0 Å². The third-order valence-electron chi connectivity index (χ3n) is 1.79. The summed E-state index contributed by atoms with van der Waals surface area (Å²) >= 11 is 6.64. The second kappa shape index (κ2) is 6.64. The van der Waals surface area contributed by atoms with E-state index < -0.39 is 0 Å². The highest BCUT2D eigenvalue weighted by Crippen LogP contribution is 2.19. The molecule has 0 amide bonds. The Balaban J connectivity index is 2.60. The van der Waals surface area contributed by atoms with E-state index in [0.29, 0.717) is 4.99 Å². The first kappa shape index (κ1) is 12.3. The van der Waals surface area contributed by atoms with Crippen molar-refractivity contribution in [2.24, 2.45) is 5.73 Å². The fourth-order valence-corrected chi connectivity index (χ4v) is 1.91. The van der Waals surface area contributed by atoms with Crippen LogP contribution in [0.4, 0.5) is 0 Å². The fourth-order valence-electron chi connectivity index (χ4n) is 1.07. The van der Waals surface area contributed by atoms with Crippen LogP contribution < -0.4 is 5.73 Å². The zero-order chi connectivity index (χ0) is 11.1. The Morgan fingerprint density at radius 2 is 2.07 bits per heavy atom. The molecule has 0 bridgehead atoms. The zero-order valence-electron chi connectivity index (χ0n) is 8.77. The van der Waals surface area contributed by atoms with E-state index in [1.54, 1.807) is 6.08 Å². The summed E-state index contributed by atoms with van der Waals surface area (Å²) in [6.45, 7) is 2.19. The molecule has 0 saturated heterocycles. The molecule has 80 valence electrons. The second-order valence-corrected chi connectivity index (χ2v) is 4.79. The molecular weight excluding hydrogens is 222 g/mol. The lowest BCUT2D eigenvalue weighted by Crippen LogP contribution is -2.01. The molecule has 0 spiro atoms. The average molecular weight is 237 g/mol. The Kier molecular flexibility index (Phi) is 5.43. The third-order valence-corrected chi connectivity index (χ3v) is 3.15. The Morgan fingerprint density at radius 3 is 2.60 bits per heavy atom. The molecule has 0 aliphatic carbocycles. The van der Waals surface area contributed by atoms with Gasteiger partial charge < -0.3 is 5.73 Å². The van der Waals surface area contributed by atoms with Gasteiger partial charge in [0, 0.05) is 4.90 Å². The van der Waals surface area contributed by atoms with Crippen molar-refractivity contribution >= 4 is 35.0 Å². The predicted octanol–water partition coefficient (Wildman–Crippen LogP) is 3.49. The van der Waals surface area contributed by atoms with Crippen molar-refractivity contribution < 1.29 is 0 Å². The molecule has 15 heavy (non-hydrogen) atoms. The minimum Gasteiger partial charge on any atom is -0.390 e. The maximum atomic E-state index is 5.38. The van der Waals surface area contributed by atoms with Crippen molar-refractivity contribution in [2.75, 3.05) is 5.75 Å². The first-order chi connectivity index (χ1) is 7.22. The van der Waals surface area contributed by atoms with E-state index in [9.17, 15) is 0 Å². The van der Waals surface area contributed by atoms with Crippen molar-refractivity contribution in [3.05, 3.63) is 35.9 Å². The smallest absolute Gasteiger partial charge is 0.0962 e. The van der Waals surface area contributed by atoms with Gasteiger partial charge in [-0.15, -0.1) is 11.8 Å². The van der Waals surface area contributed by atoms with E-state index in [1.165, 1.54) is 17.1 Å². The molecule has 3 heteroatoms. The summed E-state index contributed by atoms with van der Waals surface area (Å²) in [5, 5.41) is 0. The number of rotatable bonds is 5. The van der Waals surface area contributed by atoms with E-state index in [2.05, 4.69) is 31.2 Å². The quantitative estimate of drug-likeness (QED) is 0.482. The first-order valence-electron chi connectivity index (χ1n) is 4.92. The SMILES string of the molecule is CCCSc1ccc(/C=C/C(N)=S)cc1. The molecular formula is C12H15NS2. The number of hydrogen-bond acceptors (Lipinski definition) is 2. The number of thioether (sulfide) groups is 1. The van der Waals surface area contributed by atoms with E-state index >= 15 is 0 Å². The normalized spacial score (nSPS) is 10.7. The van der Waals surface area contributed by atoms with E-state index in [4.69, 9.17) is 18.0 Å². The van der Waals surface area contributed by atoms with E-state index in [1.807, 2.05) is 17.8 Å². The highest BCUT2D eigenvalue weighted by atomic mass is 32.2. The van der Waals surface area contributed by atoms with Crippen LogP contribution >= 0.6 is 24.0 Å². The van der Waals surface area contributed by atoms with Gasteiger partial charge in [0.15, 0.2) is 0 Å². The molecule has 0 saturated carbocycles. The molecule has 1 aromatic rings. The molecule has 0 atom stereocenters. The van der Waals surface area contributed by atoms with Gasteiger partial charge in [-0.25, -0.2) is 0 Å². The van der Waals surface area contributed by atoms with Crippen LogP contribution in [0.15, 0.2) is 35.2 Å². The van der Waals surface area contributed by atoms with Gasteiger partial charge in [0.2, 0.25) is 0 Å². The molecule has 0 aliphatic heterocycles. The number of thiocarbonyl (C=S) groups is 1. The first-order valence-corrected chi connectivity index (χ1v) is 6.32. The minimum absolute atomic E-state index is 0.416. The van der Waals surface area contributed by atoms with Gasteiger partial charge in [-0.1, -0.05) is 37.4 Å². The van der Waals surface area contributed by atoms with Crippen LogP contribution in [0.3, 0.4) is 0 Å². The fraction of sp³-hybridized carbons (Fsp3) is 0.250. The molecule has 1 nitrogen and oxygen atoms in total. The van der Waals surface area contributed by atoms with Crippen LogP contribution in [0.25, 0.3) is 6.08 Å². The van der Waals surface area contributed by atoms with Gasteiger partial charge in [-0.05, 0) is 35.9 Å². The lowest BCUT2D eigenvalue weighted by atomic mass is 10.2. The molecule has 0 aromatic heterocycles. The molecule has 0 fully saturated rings. The Hall–Kier alpha value is -0.800. The highest BCUT2D eigenvalue weighted by Gasteiger charge is 1.92. The summed E-state index contributed by atoms with van der Waals surface area (Å²) in [5.41, 5.74) is 6.50.